The van der Waals surface area contributed by atoms with Gasteiger partial charge in [-0.2, -0.15) is 5.10 Å². The van der Waals surface area contributed by atoms with Crippen LogP contribution in [0.4, 0.5) is 0 Å². The van der Waals surface area contributed by atoms with Crippen LogP contribution in [0.15, 0.2) is 42.7 Å². The van der Waals surface area contributed by atoms with Crippen molar-refractivity contribution >= 4 is 16.8 Å². The number of carbonyl (C=O) groups is 1. The molecule has 1 amide bonds. The lowest BCUT2D eigenvalue weighted by Gasteiger charge is -2.30. The molecule has 2 fully saturated rings. The number of nitrogens with one attached hydrogen (secondary N) is 1. The van der Waals surface area contributed by atoms with Crippen LogP contribution in [0, 0.1) is 0 Å². The van der Waals surface area contributed by atoms with E-state index in [1.165, 1.54) is 0 Å². The fourth-order valence-corrected chi connectivity index (χ4v) is 4.44. The van der Waals surface area contributed by atoms with Crippen LogP contribution in [-0.2, 0) is 27.4 Å². The van der Waals surface area contributed by atoms with E-state index in [1.807, 2.05) is 23.2 Å². The predicted octanol–water partition coefficient (Wildman–Crippen LogP) is 2.61. The summed E-state index contributed by atoms with van der Waals surface area (Å²) >= 11 is 0. The molecule has 2 aliphatic rings. The van der Waals surface area contributed by atoms with Gasteiger partial charge in [-0.15, -0.1) is 0 Å². The third kappa shape index (κ3) is 4.93. The van der Waals surface area contributed by atoms with Crippen molar-refractivity contribution in [1.29, 1.82) is 0 Å². The summed E-state index contributed by atoms with van der Waals surface area (Å²) in [5, 5.41) is 9.28. The molecule has 8 nitrogen and oxygen atoms in total. The average Bonchev–Trinajstić information content (AvgIpc) is 3.65. The van der Waals surface area contributed by atoms with Gasteiger partial charge in [-0.3, -0.25) is 14.5 Å². The number of aryl methyl sites for hydroxylation is 1. The van der Waals surface area contributed by atoms with Gasteiger partial charge in [0.15, 0.2) is 0 Å². The van der Waals surface area contributed by atoms with Crippen molar-refractivity contribution in [3.63, 3.8) is 0 Å². The van der Waals surface area contributed by atoms with E-state index in [4.69, 9.17) is 14.6 Å². The van der Waals surface area contributed by atoms with Crippen LogP contribution >= 0.6 is 0 Å². The van der Waals surface area contributed by atoms with Crippen molar-refractivity contribution in [2.24, 2.45) is 0 Å². The lowest BCUT2D eigenvalue weighted by atomic mass is 10.1. The van der Waals surface area contributed by atoms with Crippen molar-refractivity contribution in [3.8, 4) is 11.3 Å². The number of ether oxygens (including phenoxy) is 2. The SMILES string of the molecule is COCCCn1nc(-c2cccnc2)c2ccc(CN(C(=O)[C@H]3CNCCO3)C3CC3)cc21. The molecule has 33 heavy (non-hydrogen) atoms. The summed E-state index contributed by atoms with van der Waals surface area (Å²) in [6.45, 7) is 4.00. The topological polar surface area (TPSA) is 81.5 Å². The molecule has 1 atom stereocenters. The normalized spacial score (nSPS) is 18.5. The molecule has 1 aliphatic heterocycles. The highest BCUT2D eigenvalue weighted by molar-refractivity contribution is 5.93. The number of amides is 1. The maximum Gasteiger partial charge on any atom is 0.253 e. The van der Waals surface area contributed by atoms with Crippen molar-refractivity contribution in [1.82, 2.24) is 25.0 Å². The molecule has 1 saturated carbocycles. The fraction of sp³-hybridized carbons (Fsp3) is 0.480. The molecule has 1 aromatic carbocycles. The second-order valence-electron chi connectivity index (χ2n) is 8.77. The van der Waals surface area contributed by atoms with Crippen molar-refractivity contribution < 1.29 is 14.3 Å². The third-order valence-corrected chi connectivity index (χ3v) is 6.30. The maximum atomic E-state index is 13.2. The van der Waals surface area contributed by atoms with Gasteiger partial charge in [0.2, 0.25) is 0 Å². The van der Waals surface area contributed by atoms with Gasteiger partial charge in [0.05, 0.1) is 12.1 Å². The fourth-order valence-electron chi connectivity index (χ4n) is 4.44. The summed E-state index contributed by atoms with van der Waals surface area (Å²) in [4.78, 5) is 19.5. The molecule has 1 saturated heterocycles. The summed E-state index contributed by atoms with van der Waals surface area (Å²) in [6.07, 6.45) is 6.24. The minimum Gasteiger partial charge on any atom is -0.385 e. The number of hydrogen-bond acceptors (Lipinski definition) is 6. The molecular weight excluding hydrogens is 418 g/mol. The molecule has 3 aromatic rings. The van der Waals surface area contributed by atoms with Gasteiger partial charge >= 0.3 is 0 Å². The van der Waals surface area contributed by atoms with Crippen LogP contribution < -0.4 is 5.32 Å². The molecular formula is C25H31N5O3. The van der Waals surface area contributed by atoms with Crippen molar-refractivity contribution in [2.75, 3.05) is 33.4 Å². The highest BCUT2D eigenvalue weighted by Crippen LogP contribution is 2.32. The monoisotopic (exact) mass is 449 g/mol. The van der Waals surface area contributed by atoms with Gasteiger partial charge in [0.1, 0.15) is 11.8 Å². The van der Waals surface area contributed by atoms with E-state index in [0.717, 1.165) is 60.1 Å². The summed E-state index contributed by atoms with van der Waals surface area (Å²) in [7, 11) is 1.72. The van der Waals surface area contributed by atoms with E-state index >= 15 is 0 Å². The zero-order valence-corrected chi connectivity index (χ0v) is 19.1. The molecule has 1 N–H and O–H groups in total. The molecule has 0 bridgehead atoms. The molecule has 174 valence electrons. The highest BCUT2D eigenvalue weighted by atomic mass is 16.5. The Balaban J connectivity index is 1.44. The second-order valence-corrected chi connectivity index (χ2v) is 8.77. The minimum absolute atomic E-state index is 0.0921. The Bertz CT molecular complexity index is 1090. The first kappa shape index (κ1) is 22.0. The van der Waals surface area contributed by atoms with E-state index in [9.17, 15) is 4.79 Å². The summed E-state index contributed by atoms with van der Waals surface area (Å²) in [5.74, 6) is 0.0921. The quantitative estimate of drug-likeness (QED) is 0.506. The number of aromatic nitrogens is 3. The number of morpholine rings is 1. The molecule has 3 heterocycles. The number of benzene rings is 1. The van der Waals surface area contributed by atoms with E-state index in [2.05, 4.69) is 33.2 Å². The van der Waals surface area contributed by atoms with Crippen molar-refractivity contribution in [3.05, 3.63) is 48.3 Å². The zero-order valence-electron chi connectivity index (χ0n) is 19.1. The average molecular weight is 450 g/mol. The van der Waals surface area contributed by atoms with Gasteiger partial charge in [0, 0.05) is 69.3 Å². The molecule has 0 unspecified atom stereocenters. The van der Waals surface area contributed by atoms with Gasteiger partial charge in [-0.25, -0.2) is 0 Å². The molecule has 0 spiro atoms. The first-order valence-corrected chi connectivity index (χ1v) is 11.8. The standard InChI is InChI=1S/C25H31N5O3/c1-32-12-3-11-30-22-14-18(5-8-21(22)24(28-30)19-4-2-9-26-15-19)17-29(20-6-7-20)25(31)23-16-27-10-13-33-23/h2,4-5,8-9,14-15,20,23,27H,3,6-7,10-13,16-17H2,1H3/t23-/m1/s1. The number of rotatable bonds is 9. The molecule has 5 rings (SSSR count). The van der Waals surface area contributed by atoms with Gasteiger partial charge in [-0.1, -0.05) is 12.1 Å². The lowest BCUT2D eigenvalue weighted by Crippen LogP contribution is -2.49. The smallest absolute Gasteiger partial charge is 0.253 e. The van der Waals surface area contributed by atoms with Gasteiger partial charge in [0.25, 0.3) is 5.91 Å². The van der Waals surface area contributed by atoms with Crippen LogP contribution in [0.5, 0.6) is 0 Å². The van der Waals surface area contributed by atoms with E-state index in [0.29, 0.717) is 32.3 Å². The predicted molar refractivity (Wildman–Crippen MR) is 126 cm³/mol. The summed E-state index contributed by atoms with van der Waals surface area (Å²) < 4.78 is 13.0. The lowest BCUT2D eigenvalue weighted by molar-refractivity contribution is -0.146. The third-order valence-electron chi connectivity index (χ3n) is 6.30. The number of carbonyl (C=O) groups excluding carboxylic acids is 1. The highest BCUT2D eigenvalue weighted by Gasteiger charge is 2.36. The Morgan fingerprint density at radius 3 is 2.97 bits per heavy atom. The largest absolute Gasteiger partial charge is 0.385 e. The summed E-state index contributed by atoms with van der Waals surface area (Å²) in [5.41, 5.74) is 4.11. The van der Waals surface area contributed by atoms with Gasteiger partial charge < -0.3 is 19.7 Å². The van der Waals surface area contributed by atoms with E-state index in [-0.39, 0.29) is 12.0 Å². The Morgan fingerprint density at radius 1 is 1.33 bits per heavy atom. The number of pyridine rings is 1. The number of fused-ring (bicyclic) bond motifs is 1. The first-order valence-electron chi connectivity index (χ1n) is 11.8. The van der Waals surface area contributed by atoms with Crippen molar-refractivity contribution in [2.45, 2.75) is 44.5 Å². The van der Waals surface area contributed by atoms with E-state index in [1.54, 1.807) is 13.3 Å². The van der Waals surface area contributed by atoms with Crippen LogP contribution in [0.1, 0.15) is 24.8 Å². The molecule has 0 radical (unpaired) electrons. The first-order chi connectivity index (χ1) is 16.2. The van der Waals surface area contributed by atoms with E-state index < -0.39 is 0 Å². The van der Waals surface area contributed by atoms with Crippen LogP contribution in [0.2, 0.25) is 0 Å². The van der Waals surface area contributed by atoms with Gasteiger partial charge in [-0.05, 0) is 43.0 Å². The Hall–Kier alpha value is -2.81. The number of nitrogens with zero attached hydrogens (tertiary/aromatic N) is 4. The summed E-state index contributed by atoms with van der Waals surface area (Å²) in [6, 6.07) is 10.7. The maximum absolute atomic E-state index is 13.2. The molecule has 8 heteroatoms. The number of hydrogen-bond donors (Lipinski definition) is 1. The molecule has 1 aliphatic carbocycles. The van der Waals surface area contributed by atoms with Crippen LogP contribution in [0.25, 0.3) is 22.2 Å². The minimum atomic E-state index is -0.389. The Morgan fingerprint density at radius 2 is 2.24 bits per heavy atom. The zero-order chi connectivity index (χ0) is 22.6. The van der Waals surface area contributed by atoms with Crippen LogP contribution in [0.3, 0.4) is 0 Å². The van der Waals surface area contributed by atoms with Crippen LogP contribution in [-0.4, -0.2) is 71.1 Å². The number of methoxy groups -OCH3 is 1. The Labute approximate surface area is 193 Å². The molecule has 2 aromatic heterocycles. The Kier molecular flexibility index (Phi) is 6.66. The second kappa shape index (κ2) is 9.99.